The van der Waals surface area contributed by atoms with Crippen LogP contribution in [0.4, 0.5) is 5.69 Å². The molecule has 4 rings (SSSR count). The van der Waals surface area contributed by atoms with E-state index < -0.39 is 11.6 Å². The number of para-hydroxylation sites is 1. The third-order valence-corrected chi connectivity index (χ3v) is 5.71. The molecule has 1 amide bonds. The fourth-order valence-corrected chi connectivity index (χ4v) is 4.48. The molecule has 1 saturated heterocycles. The van der Waals surface area contributed by atoms with Crippen molar-refractivity contribution in [3.05, 3.63) is 59.7 Å². The molecule has 3 unspecified atom stereocenters. The molecule has 2 aromatic carbocycles. The summed E-state index contributed by atoms with van der Waals surface area (Å²) in [7, 11) is 3.55. The third kappa shape index (κ3) is 2.67. The van der Waals surface area contributed by atoms with E-state index in [2.05, 4.69) is 5.32 Å². The highest BCUT2D eigenvalue weighted by molar-refractivity contribution is 7.80. The lowest BCUT2D eigenvalue weighted by Crippen LogP contribution is -2.72. The molecular weight excluding hydrogens is 358 g/mol. The number of hydrogen-bond acceptors (Lipinski definition) is 3. The molecular formula is C21H23N3O2S. The zero-order chi connectivity index (χ0) is 19.3. The zero-order valence-corrected chi connectivity index (χ0v) is 16.7. The summed E-state index contributed by atoms with van der Waals surface area (Å²) in [5.41, 5.74) is 2.09. The number of carbonyl (C=O) groups excluding carboxylic acids is 1. The number of benzene rings is 2. The minimum atomic E-state index is -0.933. The van der Waals surface area contributed by atoms with Crippen molar-refractivity contribution in [3.8, 4) is 5.75 Å². The second-order valence-electron chi connectivity index (χ2n) is 7.50. The van der Waals surface area contributed by atoms with Gasteiger partial charge in [-0.15, -0.1) is 0 Å². The summed E-state index contributed by atoms with van der Waals surface area (Å²) in [6.45, 7) is 4.00. The molecule has 1 N–H and O–H groups in total. The van der Waals surface area contributed by atoms with E-state index in [-0.39, 0.29) is 11.9 Å². The monoisotopic (exact) mass is 381 g/mol. The van der Waals surface area contributed by atoms with Crippen molar-refractivity contribution in [1.82, 2.24) is 10.2 Å². The second-order valence-corrected chi connectivity index (χ2v) is 7.89. The van der Waals surface area contributed by atoms with Gasteiger partial charge in [-0.05, 0) is 44.3 Å². The van der Waals surface area contributed by atoms with Gasteiger partial charge in [0.2, 0.25) is 5.91 Å². The molecule has 5 nitrogen and oxygen atoms in total. The lowest BCUT2D eigenvalue weighted by atomic mass is 9.78. The molecule has 2 aliphatic rings. The minimum Gasteiger partial charge on any atom is -0.467 e. The number of anilines is 1. The maximum atomic E-state index is 13.2. The number of thiocarbonyl (C=S) groups is 1. The average molecular weight is 382 g/mol. The molecule has 140 valence electrons. The highest BCUT2D eigenvalue weighted by Gasteiger charge is 2.59. The van der Waals surface area contributed by atoms with Crippen molar-refractivity contribution in [2.24, 2.45) is 5.92 Å². The molecule has 6 heteroatoms. The van der Waals surface area contributed by atoms with Gasteiger partial charge in [0, 0.05) is 25.3 Å². The summed E-state index contributed by atoms with van der Waals surface area (Å²) in [5, 5.41) is 3.97. The number of hydrogen-bond donors (Lipinski definition) is 1. The minimum absolute atomic E-state index is 0.00381. The summed E-state index contributed by atoms with van der Waals surface area (Å²) in [6, 6.07) is 15.7. The molecule has 0 aliphatic carbocycles. The number of nitrogens with zero attached hydrogens (tertiary/aromatic N) is 2. The highest BCUT2D eigenvalue weighted by Crippen LogP contribution is 2.49. The highest BCUT2D eigenvalue weighted by atomic mass is 32.1. The summed E-state index contributed by atoms with van der Waals surface area (Å²) in [6.07, 6.45) is 0. The molecule has 2 bridgehead atoms. The van der Waals surface area contributed by atoms with E-state index in [1.807, 2.05) is 67.3 Å². The number of ether oxygens (including phenoxy) is 1. The normalized spacial score (nSPS) is 25.9. The fraction of sp³-hybridized carbons (Fsp3) is 0.333. The molecule has 27 heavy (non-hydrogen) atoms. The van der Waals surface area contributed by atoms with Crippen LogP contribution in [0, 0.1) is 12.8 Å². The van der Waals surface area contributed by atoms with Gasteiger partial charge in [-0.2, -0.15) is 0 Å². The number of fused-ring (bicyclic) bond motifs is 4. The van der Waals surface area contributed by atoms with Crippen LogP contribution in [-0.2, 0) is 4.79 Å². The van der Waals surface area contributed by atoms with Gasteiger partial charge in [0.15, 0.2) is 10.8 Å². The second kappa shape index (κ2) is 6.23. The Kier molecular flexibility index (Phi) is 4.11. The molecule has 2 aromatic rings. The van der Waals surface area contributed by atoms with Crippen LogP contribution in [0.5, 0.6) is 5.75 Å². The van der Waals surface area contributed by atoms with Gasteiger partial charge in [-0.1, -0.05) is 35.9 Å². The molecule has 1 fully saturated rings. The first-order valence-electron chi connectivity index (χ1n) is 8.99. The number of aryl methyl sites for hydroxylation is 1. The van der Waals surface area contributed by atoms with Gasteiger partial charge < -0.3 is 15.0 Å². The standard InChI is InChI=1S/C21H23N3O2S/c1-13-9-11-14(12-10-13)24-20(27)22-18-15-7-5-6-8-16(15)26-21(24,2)17(18)19(25)23(3)4/h5-12,17-18H,1-4H3,(H,22,27). The first kappa shape index (κ1) is 17.8. The van der Waals surface area contributed by atoms with Crippen molar-refractivity contribution in [1.29, 1.82) is 0 Å². The van der Waals surface area contributed by atoms with Crippen LogP contribution in [0.2, 0.25) is 0 Å². The third-order valence-electron chi connectivity index (χ3n) is 5.41. The SMILES string of the molecule is Cc1ccc(N2C(=S)NC3c4ccccc4OC2(C)C3C(=O)N(C)C)cc1. The molecule has 0 spiro atoms. The van der Waals surface area contributed by atoms with E-state index in [4.69, 9.17) is 17.0 Å². The Hall–Kier alpha value is -2.60. The van der Waals surface area contributed by atoms with E-state index in [1.54, 1.807) is 19.0 Å². The van der Waals surface area contributed by atoms with Gasteiger partial charge in [0.05, 0.1) is 6.04 Å². The lowest BCUT2D eigenvalue weighted by Gasteiger charge is -2.56. The Morgan fingerprint density at radius 3 is 2.52 bits per heavy atom. The van der Waals surface area contributed by atoms with Crippen molar-refractivity contribution in [2.75, 3.05) is 19.0 Å². The summed E-state index contributed by atoms with van der Waals surface area (Å²) in [4.78, 5) is 16.8. The van der Waals surface area contributed by atoms with E-state index in [0.717, 1.165) is 22.6 Å². The summed E-state index contributed by atoms with van der Waals surface area (Å²) in [5.74, 6) is 0.333. The van der Waals surface area contributed by atoms with Crippen LogP contribution in [0.25, 0.3) is 0 Å². The van der Waals surface area contributed by atoms with Crippen molar-refractivity contribution < 1.29 is 9.53 Å². The zero-order valence-electron chi connectivity index (χ0n) is 15.9. The van der Waals surface area contributed by atoms with E-state index >= 15 is 0 Å². The Labute approximate surface area is 164 Å². The Morgan fingerprint density at radius 1 is 1.19 bits per heavy atom. The molecule has 2 heterocycles. The summed E-state index contributed by atoms with van der Waals surface area (Å²) < 4.78 is 6.49. The first-order chi connectivity index (χ1) is 12.8. The van der Waals surface area contributed by atoms with Crippen LogP contribution in [-0.4, -0.2) is 35.7 Å². The van der Waals surface area contributed by atoms with Crippen LogP contribution in [0.1, 0.15) is 24.1 Å². The predicted molar refractivity (Wildman–Crippen MR) is 110 cm³/mol. The van der Waals surface area contributed by atoms with Crippen molar-refractivity contribution in [2.45, 2.75) is 25.6 Å². The number of carbonyl (C=O) groups is 1. The molecule has 0 saturated carbocycles. The summed E-state index contributed by atoms with van der Waals surface area (Å²) >= 11 is 5.71. The van der Waals surface area contributed by atoms with Crippen LogP contribution in [0.3, 0.4) is 0 Å². The van der Waals surface area contributed by atoms with Crippen molar-refractivity contribution >= 4 is 28.9 Å². The van der Waals surface area contributed by atoms with Crippen molar-refractivity contribution in [3.63, 3.8) is 0 Å². The van der Waals surface area contributed by atoms with Gasteiger partial charge in [0.25, 0.3) is 0 Å². The van der Waals surface area contributed by atoms with Crippen LogP contribution >= 0.6 is 12.2 Å². The quantitative estimate of drug-likeness (QED) is 0.809. The van der Waals surface area contributed by atoms with Gasteiger partial charge in [-0.3, -0.25) is 9.69 Å². The fourth-order valence-electron chi connectivity index (χ4n) is 4.07. The molecule has 0 aromatic heterocycles. The van der Waals surface area contributed by atoms with Gasteiger partial charge in [0.1, 0.15) is 11.7 Å². The molecule has 3 atom stereocenters. The topological polar surface area (TPSA) is 44.8 Å². The van der Waals surface area contributed by atoms with Crippen LogP contribution < -0.4 is 15.0 Å². The molecule has 2 aliphatic heterocycles. The lowest BCUT2D eigenvalue weighted by molar-refractivity contribution is -0.144. The first-order valence-corrected chi connectivity index (χ1v) is 9.40. The van der Waals surface area contributed by atoms with Crippen LogP contribution in [0.15, 0.2) is 48.5 Å². The van der Waals surface area contributed by atoms with E-state index in [0.29, 0.717) is 5.11 Å². The van der Waals surface area contributed by atoms with Gasteiger partial charge in [-0.25, -0.2) is 0 Å². The molecule has 0 radical (unpaired) electrons. The predicted octanol–water partition coefficient (Wildman–Crippen LogP) is 3.24. The maximum absolute atomic E-state index is 13.2. The van der Waals surface area contributed by atoms with E-state index in [1.165, 1.54) is 0 Å². The Bertz CT molecular complexity index is 912. The smallest absolute Gasteiger partial charge is 0.233 e. The van der Waals surface area contributed by atoms with E-state index in [9.17, 15) is 4.79 Å². The van der Waals surface area contributed by atoms with Gasteiger partial charge >= 0.3 is 0 Å². The number of amides is 1. The Balaban J connectivity index is 1.90. The average Bonchev–Trinajstić information content (AvgIpc) is 2.62. The maximum Gasteiger partial charge on any atom is 0.233 e. The number of rotatable bonds is 2. The Morgan fingerprint density at radius 2 is 1.85 bits per heavy atom. The number of nitrogens with one attached hydrogen (secondary N) is 1. The largest absolute Gasteiger partial charge is 0.467 e.